The number of hydrogen-bond acceptors (Lipinski definition) is 3. The number of amides is 1. The Morgan fingerprint density at radius 2 is 1.72 bits per heavy atom. The summed E-state index contributed by atoms with van der Waals surface area (Å²) in [6.45, 7) is 4.66. The van der Waals surface area contributed by atoms with Crippen molar-refractivity contribution in [1.29, 1.82) is 0 Å². The molecule has 1 saturated heterocycles. The molecule has 1 aliphatic rings. The van der Waals surface area contributed by atoms with Crippen LogP contribution in [0.2, 0.25) is 0 Å². The fourth-order valence-electron chi connectivity index (χ4n) is 3.24. The van der Waals surface area contributed by atoms with Crippen molar-refractivity contribution < 1.29 is 9.53 Å². The molecule has 0 bridgehead atoms. The third-order valence-corrected chi connectivity index (χ3v) is 4.77. The van der Waals surface area contributed by atoms with E-state index in [1.165, 1.54) is 5.56 Å². The first kappa shape index (κ1) is 17.5. The molecule has 4 nitrogen and oxygen atoms in total. The lowest BCUT2D eigenvalue weighted by Gasteiger charge is -2.22. The average Bonchev–Trinajstić information content (AvgIpc) is 2.92. The lowest BCUT2D eigenvalue weighted by atomic mass is 10.1. The normalized spacial score (nSPS) is 15.6. The first-order chi connectivity index (χ1) is 12.3. The van der Waals surface area contributed by atoms with Gasteiger partial charge in [0.05, 0.1) is 7.11 Å². The number of hydrogen-bond donors (Lipinski definition) is 0. The Morgan fingerprint density at radius 3 is 2.44 bits per heavy atom. The predicted octanol–water partition coefficient (Wildman–Crippen LogP) is 3.09. The van der Waals surface area contributed by atoms with Gasteiger partial charge < -0.3 is 14.5 Å². The Kier molecular flexibility index (Phi) is 6.07. The fraction of sp³-hybridized carbons (Fsp3) is 0.381. The standard InChI is InChI=1S/C21H26N2O2/c1-25-20-10-8-18(9-11-20)12-15-22-13-5-14-23(17-16-22)21(24)19-6-3-2-4-7-19/h2-4,6-11H,5,12-17H2,1H3. The molecule has 0 saturated carbocycles. The third-order valence-electron chi connectivity index (χ3n) is 4.77. The SMILES string of the molecule is COc1ccc(CCN2CCCN(C(=O)c3ccccc3)CC2)cc1. The molecule has 2 aromatic rings. The van der Waals surface area contributed by atoms with Crippen LogP contribution in [0.15, 0.2) is 54.6 Å². The van der Waals surface area contributed by atoms with Gasteiger partial charge in [0.2, 0.25) is 0 Å². The van der Waals surface area contributed by atoms with Crippen molar-refractivity contribution in [1.82, 2.24) is 9.80 Å². The van der Waals surface area contributed by atoms with Gasteiger partial charge in [0, 0.05) is 31.7 Å². The van der Waals surface area contributed by atoms with Crippen molar-refractivity contribution >= 4 is 5.91 Å². The molecule has 0 aliphatic carbocycles. The lowest BCUT2D eigenvalue weighted by Crippen LogP contribution is -2.35. The monoisotopic (exact) mass is 338 g/mol. The molecule has 0 atom stereocenters. The Labute approximate surface area is 150 Å². The minimum Gasteiger partial charge on any atom is -0.497 e. The molecule has 1 heterocycles. The van der Waals surface area contributed by atoms with Crippen LogP contribution in [0.25, 0.3) is 0 Å². The zero-order valence-electron chi connectivity index (χ0n) is 14.9. The van der Waals surface area contributed by atoms with Crippen LogP contribution in [-0.4, -0.2) is 55.5 Å². The molecule has 0 radical (unpaired) electrons. The Bertz CT molecular complexity index is 670. The van der Waals surface area contributed by atoms with Gasteiger partial charge in [-0.2, -0.15) is 0 Å². The van der Waals surface area contributed by atoms with Gasteiger partial charge in [0.15, 0.2) is 0 Å². The molecule has 1 fully saturated rings. The van der Waals surface area contributed by atoms with Gasteiger partial charge in [-0.05, 0) is 49.2 Å². The van der Waals surface area contributed by atoms with Crippen molar-refractivity contribution in [3.63, 3.8) is 0 Å². The van der Waals surface area contributed by atoms with Gasteiger partial charge in [-0.25, -0.2) is 0 Å². The fourth-order valence-corrected chi connectivity index (χ4v) is 3.24. The Hall–Kier alpha value is -2.33. The van der Waals surface area contributed by atoms with E-state index < -0.39 is 0 Å². The molecule has 132 valence electrons. The van der Waals surface area contributed by atoms with Gasteiger partial charge in [-0.15, -0.1) is 0 Å². The van der Waals surface area contributed by atoms with Crippen molar-refractivity contribution in [3.8, 4) is 5.75 Å². The highest BCUT2D eigenvalue weighted by atomic mass is 16.5. The average molecular weight is 338 g/mol. The summed E-state index contributed by atoms with van der Waals surface area (Å²) in [6.07, 6.45) is 2.05. The van der Waals surface area contributed by atoms with Crippen LogP contribution in [0, 0.1) is 0 Å². The van der Waals surface area contributed by atoms with Crippen molar-refractivity contribution in [2.24, 2.45) is 0 Å². The van der Waals surface area contributed by atoms with Crippen LogP contribution in [0.5, 0.6) is 5.75 Å². The molecule has 2 aromatic carbocycles. The van der Waals surface area contributed by atoms with Crippen LogP contribution in [0.1, 0.15) is 22.3 Å². The summed E-state index contributed by atoms with van der Waals surface area (Å²) in [5.74, 6) is 1.05. The van der Waals surface area contributed by atoms with Gasteiger partial charge >= 0.3 is 0 Å². The Balaban J connectivity index is 1.50. The zero-order chi connectivity index (χ0) is 17.5. The highest BCUT2D eigenvalue weighted by Crippen LogP contribution is 2.13. The van der Waals surface area contributed by atoms with Crippen molar-refractivity contribution in [2.75, 3.05) is 39.8 Å². The number of carbonyl (C=O) groups excluding carboxylic acids is 1. The van der Waals surface area contributed by atoms with E-state index in [-0.39, 0.29) is 5.91 Å². The number of rotatable bonds is 5. The van der Waals surface area contributed by atoms with E-state index in [1.807, 2.05) is 47.4 Å². The number of ether oxygens (including phenoxy) is 1. The quantitative estimate of drug-likeness (QED) is 0.840. The van der Waals surface area contributed by atoms with Crippen LogP contribution in [0.4, 0.5) is 0 Å². The molecule has 0 aromatic heterocycles. The molecular weight excluding hydrogens is 312 g/mol. The second-order valence-corrected chi connectivity index (χ2v) is 6.45. The highest BCUT2D eigenvalue weighted by Gasteiger charge is 2.19. The maximum atomic E-state index is 12.6. The largest absolute Gasteiger partial charge is 0.497 e. The number of nitrogens with zero attached hydrogens (tertiary/aromatic N) is 2. The molecule has 1 aliphatic heterocycles. The summed E-state index contributed by atoms with van der Waals surface area (Å²) in [5, 5.41) is 0. The van der Waals surface area contributed by atoms with Crippen LogP contribution in [-0.2, 0) is 6.42 Å². The van der Waals surface area contributed by atoms with E-state index in [1.54, 1.807) is 7.11 Å². The molecule has 0 spiro atoms. The van der Waals surface area contributed by atoms with E-state index in [0.29, 0.717) is 0 Å². The molecule has 0 unspecified atom stereocenters. The summed E-state index contributed by atoms with van der Waals surface area (Å²) in [6, 6.07) is 17.9. The van der Waals surface area contributed by atoms with E-state index >= 15 is 0 Å². The predicted molar refractivity (Wildman–Crippen MR) is 100 cm³/mol. The lowest BCUT2D eigenvalue weighted by molar-refractivity contribution is 0.0761. The summed E-state index contributed by atoms with van der Waals surface area (Å²) in [5.41, 5.74) is 2.11. The summed E-state index contributed by atoms with van der Waals surface area (Å²) < 4.78 is 5.20. The second-order valence-electron chi connectivity index (χ2n) is 6.45. The molecule has 0 N–H and O–H groups in total. The maximum absolute atomic E-state index is 12.6. The van der Waals surface area contributed by atoms with Gasteiger partial charge in [-0.3, -0.25) is 4.79 Å². The van der Waals surface area contributed by atoms with Crippen LogP contribution < -0.4 is 4.74 Å². The maximum Gasteiger partial charge on any atom is 0.253 e. The van der Waals surface area contributed by atoms with Crippen LogP contribution >= 0.6 is 0 Å². The van der Waals surface area contributed by atoms with Crippen molar-refractivity contribution in [2.45, 2.75) is 12.8 Å². The minimum absolute atomic E-state index is 0.151. The van der Waals surface area contributed by atoms with Gasteiger partial charge in [0.1, 0.15) is 5.75 Å². The van der Waals surface area contributed by atoms with E-state index in [9.17, 15) is 4.79 Å². The number of carbonyl (C=O) groups is 1. The molecular formula is C21H26N2O2. The summed E-state index contributed by atoms with van der Waals surface area (Å²) >= 11 is 0. The van der Waals surface area contributed by atoms with Crippen LogP contribution in [0.3, 0.4) is 0 Å². The smallest absolute Gasteiger partial charge is 0.253 e. The molecule has 25 heavy (non-hydrogen) atoms. The van der Waals surface area contributed by atoms with Crippen molar-refractivity contribution in [3.05, 3.63) is 65.7 Å². The Morgan fingerprint density at radius 1 is 0.960 bits per heavy atom. The summed E-state index contributed by atoms with van der Waals surface area (Å²) in [4.78, 5) is 17.0. The molecule has 3 rings (SSSR count). The minimum atomic E-state index is 0.151. The van der Waals surface area contributed by atoms with E-state index in [2.05, 4.69) is 17.0 Å². The molecule has 1 amide bonds. The topological polar surface area (TPSA) is 32.8 Å². The summed E-state index contributed by atoms with van der Waals surface area (Å²) in [7, 11) is 1.69. The second kappa shape index (κ2) is 8.67. The first-order valence-electron chi connectivity index (χ1n) is 8.96. The van der Waals surface area contributed by atoms with Gasteiger partial charge in [-0.1, -0.05) is 30.3 Å². The van der Waals surface area contributed by atoms with E-state index in [4.69, 9.17) is 4.74 Å². The number of methoxy groups -OCH3 is 1. The zero-order valence-corrected chi connectivity index (χ0v) is 14.9. The molecule has 4 heteroatoms. The highest BCUT2D eigenvalue weighted by molar-refractivity contribution is 5.94. The van der Waals surface area contributed by atoms with E-state index in [0.717, 1.165) is 56.9 Å². The number of benzene rings is 2. The van der Waals surface area contributed by atoms with Gasteiger partial charge in [0.25, 0.3) is 5.91 Å². The third kappa shape index (κ3) is 4.83. The first-order valence-corrected chi connectivity index (χ1v) is 8.96.